The summed E-state index contributed by atoms with van der Waals surface area (Å²) in [5.74, 6) is -2.45. The number of phenols is 1. The summed E-state index contributed by atoms with van der Waals surface area (Å²) in [6, 6.07) is 0.766. The fourth-order valence-electron chi connectivity index (χ4n) is 2.47. The van der Waals surface area contributed by atoms with Crippen LogP contribution in [-0.2, 0) is 5.54 Å². The molecule has 3 N–H and O–H groups in total. The van der Waals surface area contributed by atoms with E-state index in [1.165, 1.54) is 0 Å². The summed E-state index contributed by atoms with van der Waals surface area (Å²) in [5, 5.41) is 9.32. The maximum Gasteiger partial charge on any atom is 0.166 e. The maximum atomic E-state index is 13.9. The zero-order valence-electron chi connectivity index (χ0n) is 9.27. The first-order valence-electron chi connectivity index (χ1n) is 5.61. The van der Waals surface area contributed by atoms with Crippen LogP contribution in [0.4, 0.5) is 8.78 Å². The van der Waals surface area contributed by atoms with Crippen molar-refractivity contribution < 1.29 is 13.9 Å². The molecular weight excluding hydrogens is 248 g/mol. The lowest BCUT2D eigenvalue weighted by molar-refractivity contribution is 0.278. The second kappa shape index (κ2) is 4.42. The van der Waals surface area contributed by atoms with E-state index in [1.807, 2.05) is 0 Å². The lowest BCUT2D eigenvalue weighted by Crippen LogP contribution is -2.39. The van der Waals surface area contributed by atoms with Crippen LogP contribution in [0.15, 0.2) is 6.07 Å². The highest BCUT2D eigenvalue weighted by molar-refractivity contribution is 6.30. The van der Waals surface area contributed by atoms with Crippen LogP contribution < -0.4 is 5.73 Å². The van der Waals surface area contributed by atoms with E-state index in [4.69, 9.17) is 17.3 Å². The molecule has 1 aliphatic carbocycles. The normalized spacial score (nSPS) is 19.3. The van der Waals surface area contributed by atoms with E-state index in [2.05, 4.69) is 0 Å². The number of rotatable bonds is 1. The van der Waals surface area contributed by atoms with Crippen molar-refractivity contribution >= 4 is 11.6 Å². The molecule has 0 unspecified atom stereocenters. The van der Waals surface area contributed by atoms with Crippen LogP contribution >= 0.6 is 11.6 Å². The third-order valence-corrected chi connectivity index (χ3v) is 3.66. The molecule has 1 aromatic rings. The molecule has 0 aromatic heterocycles. The Balaban J connectivity index is 2.57. The van der Waals surface area contributed by atoms with Gasteiger partial charge in [-0.2, -0.15) is 0 Å². The molecule has 2 rings (SSSR count). The molecule has 0 aliphatic heterocycles. The number of phenolic OH excluding ortho intramolecular Hbond substituents is 1. The third-order valence-electron chi connectivity index (χ3n) is 3.39. The summed E-state index contributed by atoms with van der Waals surface area (Å²) in [5.41, 5.74) is 4.90. The Morgan fingerprint density at radius 2 is 1.82 bits per heavy atom. The van der Waals surface area contributed by atoms with Crippen LogP contribution in [0.25, 0.3) is 0 Å². The minimum atomic E-state index is -1.02. The summed E-state index contributed by atoms with van der Waals surface area (Å²) in [7, 11) is 0. The van der Waals surface area contributed by atoms with Crippen molar-refractivity contribution in [1.29, 1.82) is 0 Å². The number of aromatic hydroxyl groups is 1. The molecule has 1 aromatic carbocycles. The fourth-order valence-corrected chi connectivity index (χ4v) is 2.66. The van der Waals surface area contributed by atoms with Gasteiger partial charge in [0, 0.05) is 5.54 Å². The molecule has 1 saturated carbocycles. The van der Waals surface area contributed by atoms with Crippen LogP contribution in [0.2, 0.25) is 5.02 Å². The van der Waals surface area contributed by atoms with Crippen LogP contribution in [0.3, 0.4) is 0 Å². The van der Waals surface area contributed by atoms with Crippen LogP contribution in [-0.4, -0.2) is 5.11 Å². The van der Waals surface area contributed by atoms with Gasteiger partial charge in [-0.1, -0.05) is 30.9 Å². The van der Waals surface area contributed by atoms with E-state index < -0.39 is 22.9 Å². The van der Waals surface area contributed by atoms with Gasteiger partial charge in [-0.05, 0) is 18.9 Å². The average Bonchev–Trinajstić information content (AvgIpc) is 2.27. The SMILES string of the molecule is NC1(c2c(O)c(F)cc(Cl)c2F)CCCCC1. The average molecular weight is 262 g/mol. The molecule has 94 valence electrons. The minimum Gasteiger partial charge on any atom is -0.505 e. The Morgan fingerprint density at radius 3 is 2.41 bits per heavy atom. The summed E-state index contributed by atoms with van der Waals surface area (Å²) in [4.78, 5) is 0. The molecule has 0 saturated heterocycles. The Morgan fingerprint density at radius 1 is 1.24 bits per heavy atom. The Kier molecular flexibility index (Phi) is 3.27. The quantitative estimate of drug-likeness (QED) is 0.761. The van der Waals surface area contributed by atoms with Gasteiger partial charge in [0.1, 0.15) is 0 Å². The van der Waals surface area contributed by atoms with Gasteiger partial charge in [-0.3, -0.25) is 0 Å². The van der Waals surface area contributed by atoms with Gasteiger partial charge in [0.2, 0.25) is 0 Å². The van der Waals surface area contributed by atoms with Crippen LogP contribution in [0.1, 0.15) is 37.7 Å². The van der Waals surface area contributed by atoms with Crippen molar-refractivity contribution in [2.75, 3.05) is 0 Å². The van der Waals surface area contributed by atoms with Crippen LogP contribution in [0.5, 0.6) is 5.75 Å². The van der Waals surface area contributed by atoms with Gasteiger partial charge in [-0.25, -0.2) is 8.78 Å². The molecule has 2 nitrogen and oxygen atoms in total. The van der Waals surface area contributed by atoms with E-state index in [-0.39, 0.29) is 10.6 Å². The summed E-state index contributed by atoms with van der Waals surface area (Å²) < 4.78 is 27.3. The molecule has 0 heterocycles. The van der Waals surface area contributed by atoms with Gasteiger partial charge in [-0.15, -0.1) is 0 Å². The topological polar surface area (TPSA) is 46.2 Å². The molecule has 0 amide bonds. The molecular formula is C12H14ClF2NO. The highest BCUT2D eigenvalue weighted by Crippen LogP contribution is 2.43. The number of halogens is 3. The predicted molar refractivity (Wildman–Crippen MR) is 62.0 cm³/mol. The molecule has 0 atom stereocenters. The first-order chi connectivity index (χ1) is 7.96. The van der Waals surface area contributed by atoms with Gasteiger partial charge in [0.05, 0.1) is 10.6 Å². The zero-order valence-corrected chi connectivity index (χ0v) is 10.0. The Hall–Kier alpha value is -0.870. The second-order valence-electron chi connectivity index (χ2n) is 4.59. The molecule has 1 aliphatic rings. The van der Waals surface area contributed by atoms with Crippen molar-refractivity contribution in [3.63, 3.8) is 0 Å². The van der Waals surface area contributed by atoms with Gasteiger partial charge in [0.15, 0.2) is 17.4 Å². The van der Waals surface area contributed by atoms with Crippen molar-refractivity contribution in [2.24, 2.45) is 5.73 Å². The molecule has 0 spiro atoms. The van der Waals surface area contributed by atoms with Gasteiger partial charge >= 0.3 is 0 Å². The number of benzene rings is 1. The zero-order chi connectivity index (χ0) is 12.6. The largest absolute Gasteiger partial charge is 0.505 e. The summed E-state index contributed by atoms with van der Waals surface area (Å²) in [6.45, 7) is 0. The predicted octanol–water partition coefficient (Wildman–Crippen LogP) is 3.44. The summed E-state index contributed by atoms with van der Waals surface area (Å²) in [6.07, 6.45) is 3.74. The molecule has 5 heteroatoms. The first kappa shape index (κ1) is 12.6. The maximum absolute atomic E-state index is 13.9. The van der Waals surface area contributed by atoms with E-state index in [0.29, 0.717) is 12.8 Å². The van der Waals surface area contributed by atoms with Crippen LogP contribution in [0, 0.1) is 11.6 Å². The van der Waals surface area contributed by atoms with Crippen molar-refractivity contribution in [3.05, 3.63) is 28.3 Å². The van der Waals surface area contributed by atoms with Crippen molar-refractivity contribution in [3.8, 4) is 5.75 Å². The van der Waals surface area contributed by atoms with E-state index in [0.717, 1.165) is 25.3 Å². The third kappa shape index (κ3) is 2.11. The number of nitrogens with two attached hydrogens (primary N) is 1. The Bertz CT molecular complexity index is 418. The smallest absolute Gasteiger partial charge is 0.166 e. The monoisotopic (exact) mass is 261 g/mol. The standard InChI is InChI=1S/C12H14ClF2NO/c13-7-6-8(14)11(17)9(10(7)15)12(16)4-2-1-3-5-12/h6,17H,1-5,16H2. The fraction of sp³-hybridized carbons (Fsp3) is 0.500. The minimum absolute atomic E-state index is 0.179. The van der Waals surface area contributed by atoms with Crippen molar-refractivity contribution in [2.45, 2.75) is 37.6 Å². The molecule has 1 fully saturated rings. The Labute approximate surface area is 103 Å². The van der Waals surface area contributed by atoms with Gasteiger partial charge in [0.25, 0.3) is 0 Å². The van der Waals surface area contributed by atoms with E-state index in [1.54, 1.807) is 0 Å². The van der Waals surface area contributed by atoms with Gasteiger partial charge < -0.3 is 10.8 Å². The van der Waals surface area contributed by atoms with E-state index >= 15 is 0 Å². The molecule has 17 heavy (non-hydrogen) atoms. The lowest BCUT2D eigenvalue weighted by atomic mass is 9.77. The highest BCUT2D eigenvalue weighted by atomic mass is 35.5. The van der Waals surface area contributed by atoms with E-state index in [9.17, 15) is 13.9 Å². The first-order valence-corrected chi connectivity index (χ1v) is 5.99. The lowest BCUT2D eigenvalue weighted by Gasteiger charge is -2.34. The van der Waals surface area contributed by atoms with Crippen molar-refractivity contribution in [1.82, 2.24) is 0 Å². The highest BCUT2D eigenvalue weighted by Gasteiger charge is 2.36. The molecule has 0 radical (unpaired) electrons. The number of hydrogen-bond acceptors (Lipinski definition) is 2. The summed E-state index contributed by atoms with van der Waals surface area (Å²) >= 11 is 5.59. The second-order valence-corrected chi connectivity index (χ2v) is 5.00. The number of hydrogen-bond donors (Lipinski definition) is 2. The molecule has 0 bridgehead atoms.